The molecule has 3 aromatic carbocycles. The molecule has 184 valence electrons. The molecule has 1 aliphatic carbocycles. The summed E-state index contributed by atoms with van der Waals surface area (Å²) in [6.45, 7) is 1.90. The first kappa shape index (κ1) is 23.7. The number of imidazole rings is 1. The number of carbonyl (C=O) groups is 2. The first-order chi connectivity index (χ1) is 17.5. The molecule has 1 aromatic heterocycles. The van der Waals surface area contributed by atoms with Crippen LogP contribution in [0.3, 0.4) is 0 Å². The van der Waals surface area contributed by atoms with Crippen LogP contribution in [0.15, 0.2) is 72.8 Å². The lowest BCUT2D eigenvalue weighted by atomic mass is 9.85. The molecule has 0 spiro atoms. The summed E-state index contributed by atoms with van der Waals surface area (Å²) in [6, 6.07) is 21.4. The van der Waals surface area contributed by atoms with Crippen LogP contribution in [0, 0.1) is 11.7 Å². The van der Waals surface area contributed by atoms with Gasteiger partial charge in [0.1, 0.15) is 11.6 Å². The van der Waals surface area contributed by atoms with Crippen LogP contribution in [0.2, 0.25) is 0 Å². The minimum absolute atomic E-state index is 0.00908. The van der Waals surface area contributed by atoms with E-state index in [9.17, 15) is 14.0 Å². The third kappa shape index (κ3) is 5.30. The highest BCUT2D eigenvalue weighted by molar-refractivity contribution is 5.97. The number of aromatic nitrogens is 2. The summed E-state index contributed by atoms with van der Waals surface area (Å²) >= 11 is 0. The Morgan fingerprint density at radius 2 is 1.69 bits per heavy atom. The van der Waals surface area contributed by atoms with Gasteiger partial charge in [0, 0.05) is 23.1 Å². The number of H-pyrrole nitrogens is 1. The third-order valence-electron chi connectivity index (χ3n) is 6.95. The van der Waals surface area contributed by atoms with Gasteiger partial charge in [-0.05, 0) is 68.5 Å². The van der Waals surface area contributed by atoms with Crippen LogP contribution in [0.4, 0.5) is 4.39 Å². The van der Waals surface area contributed by atoms with Gasteiger partial charge in [0.25, 0.3) is 5.91 Å². The van der Waals surface area contributed by atoms with Crippen molar-refractivity contribution < 1.29 is 14.0 Å². The number of rotatable bonds is 6. The number of aromatic amines is 1. The first-order valence-corrected chi connectivity index (χ1v) is 12.4. The number of hydrogen-bond acceptors (Lipinski definition) is 3. The van der Waals surface area contributed by atoms with Gasteiger partial charge < -0.3 is 15.6 Å². The average Bonchev–Trinajstić information content (AvgIpc) is 3.33. The lowest BCUT2D eigenvalue weighted by Gasteiger charge is -2.29. The summed E-state index contributed by atoms with van der Waals surface area (Å²) in [7, 11) is 0. The topological polar surface area (TPSA) is 86.9 Å². The van der Waals surface area contributed by atoms with Gasteiger partial charge in [-0.25, -0.2) is 9.37 Å². The minimum Gasteiger partial charge on any atom is -0.349 e. The van der Waals surface area contributed by atoms with Crippen molar-refractivity contribution in [3.8, 4) is 11.4 Å². The maximum Gasteiger partial charge on any atom is 0.251 e. The van der Waals surface area contributed by atoms with E-state index in [-0.39, 0.29) is 35.6 Å². The summed E-state index contributed by atoms with van der Waals surface area (Å²) < 4.78 is 13.2. The summed E-state index contributed by atoms with van der Waals surface area (Å²) in [6.07, 6.45) is 2.92. The Morgan fingerprint density at radius 1 is 0.972 bits per heavy atom. The number of nitrogens with one attached hydrogen (secondary N) is 3. The Bertz CT molecular complexity index is 1360. The van der Waals surface area contributed by atoms with E-state index in [0.717, 1.165) is 40.8 Å². The van der Waals surface area contributed by atoms with Gasteiger partial charge in [-0.2, -0.15) is 0 Å². The predicted octanol–water partition coefficient (Wildman–Crippen LogP) is 5.54. The molecule has 3 N–H and O–H groups in total. The van der Waals surface area contributed by atoms with Crippen LogP contribution in [0.25, 0.3) is 22.4 Å². The molecular formula is C29H29FN4O2. The fraction of sp³-hybridized carbons (Fsp3) is 0.276. The Kier molecular flexibility index (Phi) is 6.80. The zero-order valence-electron chi connectivity index (χ0n) is 20.1. The summed E-state index contributed by atoms with van der Waals surface area (Å²) in [4.78, 5) is 33.6. The van der Waals surface area contributed by atoms with Crippen molar-refractivity contribution >= 4 is 22.8 Å². The van der Waals surface area contributed by atoms with Crippen molar-refractivity contribution in [1.82, 2.24) is 20.6 Å². The number of halogens is 1. The molecule has 0 bridgehead atoms. The van der Waals surface area contributed by atoms with Crippen molar-refractivity contribution in [1.29, 1.82) is 0 Å². The van der Waals surface area contributed by atoms with Crippen LogP contribution in [0.5, 0.6) is 0 Å². The molecule has 0 unspecified atom stereocenters. The van der Waals surface area contributed by atoms with Crippen LogP contribution < -0.4 is 10.6 Å². The van der Waals surface area contributed by atoms with Crippen LogP contribution in [-0.4, -0.2) is 27.8 Å². The van der Waals surface area contributed by atoms with Gasteiger partial charge in [-0.1, -0.05) is 42.5 Å². The number of benzene rings is 3. The fourth-order valence-electron chi connectivity index (χ4n) is 4.81. The molecule has 0 radical (unpaired) electrons. The quantitative estimate of drug-likeness (QED) is 0.336. The number of amides is 2. The molecule has 0 aliphatic heterocycles. The fourth-order valence-corrected chi connectivity index (χ4v) is 4.81. The second-order valence-electron chi connectivity index (χ2n) is 9.49. The first-order valence-electron chi connectivity index (χ1n) is 12.4. The molecule has 2 amide bonds. The van der Waals surface area contributed by atoms with E-state index in [4.69, 9.17) is 0 Å². The number of hydrogen-bond donors (Lipinski definition) is 3. The number of carbonyl (C=O) groups excluding carboxylic acids is 2. The zero-order valence-corrected chi connectivity index (χ0v) is 20.1. The Hall–Kier alpha value is -4.00. The van der Waals surface area contributed by atoms with Crippen LogP contribution in [-0.2, 0) is 4.79 Å². The average molecular weight is 485 g/mol. The van der Waals surface area contributed by atoms with Crippen molar-refractivity contribution in [2.24, 2.45) is 5.92 Å². The Balaban J connectivity index is 1.15. The van der Waals surface area contributed by atoms with E-state index in [1.165, 1.54) is 12.1 Å². The SMILES string of the molecule is C[C@@H](NC(=O)[C@H]1CC[C@H](NC(=O)c2ccc3[nH]c(-c4ccccc4)nc3c2)CC1)c1ccc(F)cc1. The highest BCUT2D eigenvalue weighted by Gasteiger charge is 2.28. The highest BCUT2D eigenvalue weighted by atomic mass is 19.1. The van der Waals surface area contributed by atoms with Crippen molar-refractivity contribution in [2.75, 3.05) is 0 Å². The number of fused-ring (bicyclic) bond motifs is 1. The van der Waals surface area contributed by atoms with E-state index in [1.807, 2.05) is 49.4 Å². The summed E-state index contributed by atoms with van der Waals surface area (Å²) in [5.74, 6) is 0.277. The second-order valence-corrected chi connectivity index (χ2v) is 9.49. The highest BCUT2D eigenvalue weighted by Crippen LogP contribution is 2.26. The number of nitrogens with zero attached hydrogens (tertiary/aromatic N) is 1. The Morgan fingerprint density at radius 3 is 2.42 bits per heavy atom. The van der Waals surface area contributed by atoms with E-state index >= 15 is 0 Å². The molecule has 1 saturated carbocycles. The summed E-state index contributed by atoms with van der Waals surface area (Å²) in [5, 5.41) is 6.16. The minimum atomic E-state index is -0.293. The van der Waals surface area contributed by atoms with Crippen molar-refractivity contribution in [3.63, 3.8) is 0 Å². The van der Waals surface area contributed by atoms with Gasteiger partial charge in [0.05, 0.1) is 17.1 Å². The molecule has 1 aliphatic rings. The molecule has 0 saturated heterocycles. The maximum atomic E-state index is 13.2. The van der Waals surface area contributed by atoms with Crippen molar-refractivity contribution in [2.45, 2.75) is 44.7 Å². The van der Waals surface area contributed by atoms with Gasteiger partial charge in [-0.3, -0.25) is 9.59 Å². The predicted molar refractivity (Wildman–Crippen MR) is 138 cm³/mol. The van der Waals surface area contributed by atoms with Gasteiger partial charge in [0.15, 0.2) is 0 Å². The Labute approximate surface area is 209 Å². The van der Waals surface area contributed by atoms with E-state index in [0.29, 0.717) is 18.4 Å². The molecule has 36 heavy (non-hydrogen) atoms. The standard InChI is InChI=1S/C29H29FN4O2/c1-18(19-7-12-23(30)13-8-19)31-28(35)21-9-14-24(15-10-21)32-29(36)22-11-16-25-26(17-22)34-27(33-25)20-5-3-2-4-6-20/h2-8,11-13,16-18,21,24H,9-10,14-15H2,1H3,(H,31,35)(H,32,36)(H,33,34)/t18-,21-,24-/m1/s1. The largest absolute Gasteiger partial charge is 0.349 e. The molecule has 1 heterocycles. The van der Waals surface area contributed by atoms with Crippen LogP contribution in [0.1, 0.15) is 54.6 Å². The molecule has 1 fully saturated rings. The monoisotopic (exact) mass is 484 g/mol. The van der Waals surface area contributed by atoms with Gasteiger partial charge in [-0.15, -0.1) is 0 Å². The smallest absolute Gasteiger partial charge is 0.251 e. The van der Waals surface area contributed by atoms with Crippen molar-refractivity contribution in [3.05, 3.63) is 89.7 Å². The maximum absolute atomic E-state index is 13.2. The molecule has 6 nitrogen and oxygen atoms in total. The lowest BCUT2D eigenvalue weighted by Crippen LogP contribution is -2.41. The molecule has 1 atom stereocenters. The third-order valence-corrected chi connectivity index (χ3v) is 6.95. The second kappa shape index (κ2) is 10.3. The van der Waals surface area contributed by atoms with Crippen LogP contribution >= 0.6 is 0 Å². The summed E-state index contributed by atoms with van der Waals surface area (Å²) in [5.41, 5.74) is 4.06. The van der Waals surface area contributed by atoms with E-state index < -0.39 is 0 Å². The van der Waals surface area contributed by atoms with Gasteiger partial charge >= 0.3 is 0 Å². The normalized spacial score (nSPS) is 18.5. The lowest BCUT2D eigenvalue weighted by molar-refractivity contribution is -0.126. The van der Waals surface area contributed by atoms with Gasteiger partial charge in [0.2, 0.25) is 5.91 Å². The molecule has 4 aromatic rings. The molecular weight excluding hydrogens is 455 g/mol. The molecule has 5 rings (SSSR count). The molecule has 7 heteroatoms. The van der Waals surface area contributed by atoms with E-state index in [1.54, 1.807) is 18.2 Å². The zero-order chi connectivity index (χ0) is 25.1. The van der Waals surface area contributed by atoms with E-state index in [2.05, 4.69) is 20.6 Å².